The third kappa shape index (κ3) is 4.34. The quantitative estimate of drug-likeness (QED) is 0.414. The fraction of sp³-hybridized carbons (Fsp3) is 0.556. The molecule has 0 N–H and O–H groups in total. The summed E-state index contributed by atoms with van der Waals surface area (Å²) < 4.78 is 0. The molecule has 1 heteroatoms. The molecule has 1 saturated carbocycles. The largest absolute Gasteiger partial charge is 0.103 e. The first-order valence-electron chi connectivity index (χ1n) is 8.05. The second-order valence-corrected chi connectivity index (χ2v) is 8.07. The maximum atomic E-state index is 3.93. The number of benzene rings is 1. The van der Waals surface area contributed by atoms with Gasteiger partial charge in [-0.05, 0) is 43.1 Å². The van der Waals surface area contributed by atoms with Gasteiger partial charge in [-0.1, -0.05) is 61.3 Å². The summed E-state index contributed by atoms with van der Waals surface area (Å²) in [6.45, 7) is 6.22. The van der Waals surface area contributed by atoms with E-state index in [0.717, 1.165) is 11.8 Å². The Morgan fingerprint density at radius 3 is 2.42 bits per heavy atom. The molecule has 1 aromatic carbocycles. The topological polar surface area (TPSA) is 0 Å². The Labute approximate surface area is 121 Å². The number of allylic oxidation sites excluding steroid dienone is 1. The molecular formula is C18H28Si. The molecule has 0 saturated heterocycles. The highest BCUT2D eigenvalue weighted by Crippen LogP contribution is 2.35. The Balaban J connectivity index is 1.86. The third-order valence-corrected chi connectivity index (χ3v) is 6.53. The Morgan fingerprint density at radius 2 is 1.84 bits per heavy atom. The molecule has 0 spiro atoms. The van der Waals surface area contributed by atoms with Crippen LogP contribution < -0.4 is 5.19 Å². The van der Waals surface area contributed by atoms with Gasteiger partial charge in [-0.15, -0.1) is 6.58 Å². The molecule has 0 nitrogen and oxygen atoms in total. The molecule has 0 bridgehead atoms. The number of unbranched alkanes of at least 4 members (excludes halogenated alkanes) is 1. The van der Waals surface area contributed by atoms with Gasteiger partial charge >= 0.3 is 0 Å². The van der Waals surface area contributed by atoms with Crippen molar-refractivity contribution in [1.82, 2.24) is 0 Å². The molecule has 19 heavy (non-hydrogen) atoms. The van der Waals surface area contributed by atoms with Gasteiger partial charge in [-0.25, -0.2) is 0 Å². The van der Waals surface area contributed by atoms with Gasteiger partial charge in [-0.3, -0.25) is 0 Å². The van der Waals surface area contributed by atoms with Crippen LogP contribution in [-0.4, -0.2) is 9.52 Å². The molecule has 0 aliphatic heterocycles. The summed E-state index contributed by atoms with van der Waals surface area (Å²) in [7, 11) is 0.00774. The van der Waals surface area contributed by atoms with E-state index in [-0.39, 0.29) is 9.52 Å². The standard InChI is InChI=1S/C18H28Si/c1-3-5-14-19-18-12-10-17(11-13-18)16-8-6-15(4-2)7-9-16/h4,10-13,15-16H,2-3,5-9,14,19H2,1H3. The lowest BCUT2D eigenvalue weighted by Crippen LogP contribution is -2.15. The van der Waals surface area contributed by atoms with Crippen molar-refractivity contribution in [2.24, 2.45) is 5.92 Å². The molecule has 1 aliphatic rings. The molecule has 1 fully saturated rings. The normalized spacial score (nSPS) is 23.8. The van der Waals surface area contributed by atoms with Gasteiger partial charge in [0.05, 0.1) is 9.52 Å². The van der Waals surface area contributed by atoms with Crippen molar-refractivity contribution in [1.29, 1.82) is 0 Å². The van der Waals surface area contributed by atoms with Crippen LogP contribution >= 0.6 is 0 Å². The van der Waals surface area contributed by atoms with Gasteiger partial charge in [-0.2, -0.15) is 0 Å². The summed E-state index contributed by atoms with van der Waals surface area (Å²) in [5.74, 6) is 1.58. The van der Waals surface area contributed by atoms with E-state index < -0.39 is 0 Å². The summed E-state index contributed by atoms with van der Waals surface area (Å²) in [5, 5.41) is 1.65. The number of hydrogen-bond acceptors (Lipinski definition) is 0. The molecule has 1 aromatic rings. The van der Waals surface area contributed by atoms with Crippen molar-refractivity contribution in [2.75, 3.05) is 0 Å². The van der Waals surface area contributed by atoms with Gasteiger partial charge in [0.15, 0.2) is 0 Å². The van der Waals surface area contributed by atoms with E-state index in [0.29, 0.717) is 0 Å². The molecule has 0 unspecified atom stereocenters. The van der Waals surface area contributed by atoms with Crippen LogP contribution in [0.15, 0.2) is 36.9 Å². The Morgan fingerprint density at radius 1 is 1.16 bits per heavy atom. The average Bonchev–Trinajstić information content (AvgIpc) is 2.48. The van der Waals surface area contributed by atoms with Crippen molar-refractivity contribution in [3.63, 3.8) is 0 Å². The third-order valence-electron chi connectivity index (χ3n) is 4.63. The average molecular weight is 273 g/mol. The highest BCUT2D eigenvalue weighted by Gasteiger charge is 2.20. The summed E-state index contributed by atoms with van der Waals surface area (Å²) >= 11 is 0. The Kier molecular flexibility index (Phi) is 5.90. The smallest absolute Gasteiger partial charge is 0.0547 e. The first kappa shape index (κ1) is 14.6. The summed E-state index contributed by atoms with van der Waals surface area (Å²) in [6.07, 6.45) is 10.3. The molecule has 0 heterocycles. The Bertz CT molecular complexity index is 371. The lowest BCUT2D eigenvalue weighted by atomic mass is 9.79. The lowest BCUT2D eigenvalue weighted by molar-refractivity contribution is 0.376. The Hall–Kier alpha value is -0.823. The minimum Gasteiger partial charge on any atom is -0.103 e. The zero-order valence-corrected chi connectivity index (χ0v) is 13.8. The fourth-order valence-electron chi connectivity index (χ4n) is 3.22. The predicted molar refractivity (Wildman–Crippen MR) is 89.2 cm³/mol. The van der Waals surface area contributed by atoms with Crippen LogP contribution in [0.3, 0.4) is 0 Å². The van der Waals surface area contributed by atoms with E-state index in [1.54, 1.807) is 10.8 Å². The van der Waals surface area contributed by atoms with E-state index in [2.05, 4.69) is 43.8 Å². The molecule has 0 atom stereocenters. The minimum atomic E-state index is 0.00774. The highest BCUT2D eigenvalue weighted by molar-refractivity contribution is 6.53. The van der Waals surface area contributed by atoms with Crippen LogP contribution in [0.1, 0.15) is 56.9 Å². The van der Waals surface area contributed by atoms with Crippen molar-refractivity contribution in [3.05, 3.63) is 42.5 Å². The van der Waals surface area contributed by atoms with Gasteiger partial charge < -0.3 is 0 Å². The van der Waals surface area contributed by atoms with E-state index in [9.17, 15) is 0 Å². The summed E-state index contributed by atoms with van der Waals surface area (Å²) in [4.78, 5) is 0. The number of hydrogen-bond donors (Lipinski definition) is 0. The minimum absolute atomic E-state index is 0.00774. The zero-order valence-electron chi connectivity index (χ0n) is 12.4. The maximum Gasteiger partial charge on any atom is 0.0547 e. The highest BCUT2D eigenvalue weighted by atomic mass is 28.2. The molecule has 1 aliphatic carbocycles. The van der Waals surface area contributed by atoms with Crippen LogP contribution in [-0.2, 0) is 0 Å². The van der Waals surface area contributed by atoms with E-state index in [4.69, 9.17) is 0 Å². The first-order valence-corrected chi connectivity index (χ1v) is 9.75. The van der Waals surface area contributed by atoms with Crippen LogP contribution in [0, 0.1) is 5.92 Å². The van der Waals surface area contributed by atoms with Gasteiger partial charge in [0.25, 0.3) is 0 Å². The van der Waals surface area contributed by atoms with Crippen LogP contribution in [0.25, 0.3) is 0 Å². The summed E-state index contributed by atoms with van der Waals surface area (Å²) in [6, 6.07) is 11.1. The van der Waals surface area contributed by atoms with E-state index >= 15 is 0 Å². The summed E-state index contributed by atoms with van der Waals surface area (Å²) in [5.41, 5.74) is 1.58. The second kappa shape index (κ2) is 7.69. The SMILES string of the molecule is C=CC1CCC(c2ccc([SiH2]CCCC)cc2)CC1. The monoisotopic (exact) mass is 272 g/mol. The molecule has 0 amide bonds. The van der Waals surface area contributed by atoms with Crippen molar-refractivity contribution in [2.45, 2.75) is 57.4 Å². The van der Waals surface area contributed by atoms with Gasteiger partial charge in [0, 0.05) is 0 Å². The first-order chi connectivity index (χ1) is 9.33. The van der Waals surface area contributed by atoms with Gasteiger partial charge in [0.1, 0.15) is 0 Å². The van der Waals surface area contributed by atoms with Gasteiger partial charge in [0.2, 0.25) is 0 Å². The molecular weight excluding hydrogens is 244 g/mol. The number of rotatable bonds is 6. The molecule has 2 rings (SSSR count). The fourth-order valence-corrected chi connectivity index (χ4v) is 4.95. The van der Waals surface area contributed by atoms with Crippen LogP contribution in [0.2, 0.25) is 6.04 Å². The maximum absolute atomic E-state index is 3.93. The van der Waals surface area contributed by atoms with Crippen molar-refractivity contribution >= 4 is 14.7 Å². The molecule has 0 radical (unpaired) electrons. The van der Waals surface area contributed by atoms with E-state index in [1.165, 1.54) is 44.6 Å². The van der Waals surface area contributed by atoms with Crippen LogP contribution in [0.4, 0.5) is 0 Å². The molecule has 0 aromatic heterocycles. The lowest BCUT2D eigenvalue weighted by Gasteiger charge is -2.27. The second-order valence-electron chi connectivity index (χ2n) is 6.05. The van der Waals surface area contributed by atoms with E-state index in [1.807, 2.05) is 0 Å². The van der Waals surface area contributed by atoms with Crippen molar-refractivity contribution in [3.8, 4) is 0 Å². The predicted octanol–water partition coefficient (Wildman–Crippen LogP) is 4.16. The van der Waals surface area contributed by atoms with Crippen molar-refractivity contribution < 1.29 is 0 Å². The molecule has 104 valence electrons. The zero-order chi connectivity index (χ0) is 13.5. The van der Waals surface area contributed by atoms with Crippen LogP contribution in [0.5, 0.6) is 0 Å².